The molecule has 1 saturated heterocycles. The van der Waals surface area contributed by atoms with Crippen LogP contribution in [0.1, 0.15) is 57.8 Å². The van der Waals surface area contributed by atoms with Crippen molar-refractivity contribution in [2.24, 2.45) is 11.8 Å². The molecule has 1 amide bonds. The van der Waals surface area contributed by atoms with E-state index in [0.29, 0.717) is 30.6 Å². The Kier molecular flexibility index (Phi) is 5.23. The Morgan fingerprint density at radius 2 is 1.74 bits per heavy atom. The lowest BCUT2D eigenvalue weighted by Crippen LogP contribution is -2.40. The second kappa shape index (κ2) is 6.92. The van der Waals surface area contributed by atoms with Crippen LogP contribution in [0, 0.1) is 11.8 Å². The van der Waals surface area contributed by atoms with Crippen molar-refractivity contribution in [2.75, 3.05) is 13.1 Å². The van der Waals surface area contributed by atoms with Crippen LogP contribution >= 0.6 is 0 Å². The number of carboxylic acid groups (broad SMARTS) is 1. The standard InChI is InChI=1S/C15H25NO3/c17-14(10-12-4-1-2-5-12)16-9-3-6-13(11-16)7-8-15(18)19/h12-13H,1-11H2,(H,18,19). The fourth-order valence-electron chi connectivity index (χ4n) is 3.45. The Balaban J connectivity index is 1.75. The number of piperidine rings is 1. The quantitative estimate of drug-likeness (QED) is 0.833. The lowest BCUT2D eigenvalue weighted by atomic mass is 9.92. The van der Waals surface area contributed by atoms with Gasteiger partial charge in [-0.25, -0.2) is 0 Å². The molecular formula is C15H25NO3. The Bertz CT molecular complexity index is 323. The van der Waals surface area contributed by atoms with Gasteiger partial charge in [0.1, 0.15) is 0 Å². The molecule has 0 aromatic rings. The molecule has 0 spiro atoms. The van der Waals surface area contributed by atoms with Crippen LogP contribution in [-0.2, 0) is 9.59 Å². The number of carboxylic acids is 1. The first-order valence-corrected chi connectivity index (χ1v) is 7.64. The molecule has 1 unspecified atom stereocenters. The highest BCUT2D eigenvalue weighted by molar-refractivity contribution is 5.76. The van der Waals surface area contributed by atoms with E-state index in [1.54, 1.807) is 0 Å². The Labute approximate surface area is 115 Å². The van der Waals surface area contributed by atoms with Crippen molar-refractivity contribution in [3.63, 3.8) is 0 Å². The number of likely N-dealkylation sites (tertiary alicyclic amines) is 1. The minimum Gasteiger partial charge on any atom is -0.481 e. The van der Waals surface area contributed by atoms with Gasteiger partial charge in [0.15, 0.2) is 0 Å². The molecule has 1 saturated carbocycles. The predicted molar refractivity (Wildman–Crippen MR) is 72.7 cm³/mol. The van der Waals surface area contributed by atoms with Crippen molar-refractivity contribution in [1.29, 1.82) is 0 Å². The number of hydrogen-bond acceptors (Lipinski definition) is 2. The molecule has 2 rings (SSSR count). The highest BCUT2D eigenvalue weighted by Gasteiger charge is 2.26. The first-order chi connectivity index (χ1) is 9.15. The van der Waals surface area contributed by atoms with Crippen LogP contribution in [-0.4, -0.2) is 35.0 Å². The average Bonchev–Trinajstić information content (AvgIpc) is 2.89. The van der Waals surface area contributed by atoms with E-state index in [2.05, 4.69) is 0 Å². The normalized spacial score (nSPS) is 24.6. The molecule has 0 aromatic heterocycles. The van der Waals surface area contributed by atoms with Crippen LogP contribution in [0.25, 0.3) is 0 Å². The Morgan fingerprint density at radius 3 is 2.42 bits per heavy atom. The van der Waals surface area contributed by atoms with Gasteiger partial charge < -0.3 is 10.0 Å². The minimum atomic E-state index is -0.727. The van der Waals surface area contributed by atoms with E-state index in [4.69, 9.17) is 5.11 Å². The van der Waals surface area contributed by atoms with Gasteiger partial charge in [-0.05, 0) is 43.9 Å². The van der Waals surface area contributed by atoms with Crippen LogP contribution in [0.4, 0.5) is 0 Å². The van der Waals surface area contributed by atoms with Crippen LogP contribution in [0.15, 0.2) is 0 Å². The maximum Gasteiger partial charge on any atom is 0.303 e. The fraction of sp³-hybridized carbons (Fsp3) is 0.867. The maximum absolute atomic E-state index is 12.2. The number of carbonyl (C=O) groups is 2. The molecule has 1 atom stereocenters. The van der Waals surface area contributed by atoms with Crippen molar-refractivity contribution < 1.29 is 14.7 Å². The molecule has 2 aliphatic rings. The predicted octanol–water partition coefficient (Wildman–Crippen LogP) is 2.67. The second-order valence-electron chi connectivity index (χ2n) is 6.14. The first-order valence-electron chi connectivity index (χ1n) is 7.64. The highest BCUT2D eigenvalue weighted by atomic mass is 16.4. The van der Waals surface area contributed by atoms with Crippen molar-refractivity contribution >= 4 is 11.9 Å². The van der Waals surface area contributed by atoms with Crippen molar-refractivity contribution in [1.82, 2.24) is 4.90 Å². The SMILES string of the molecule is O=C(O)CCC1CCCN(C(=O)CC2CCCC2)C1. The summed E-state index contributed by atoms with van der Waals surface area (Å²) < 4.78 is 0. The second-order valence-corrected chi connectivity index (χ2v) is 6.14. The third-order valence-corrected chi connectivity index (χ3v) is 4.58. The van der Waals surface area contributed by atoms with Crippen molar-refractivity contribution in [3.8, 4) is 0 Å². The number of hydrogen-bond donors (Lipinski definition) is 1. The summed E-state index contributed by atoms with van der Waals surface area (Å²) in [6.45, 7) is 1.65. The van der Waals surface area contributed by atoms with E-state index in [9.17, 15) is 9.59 Å². The zero-order valence-electron chi connectivity index (χ0n) is 11.6. The summed E-state index contributed by atoms with van der Waals surface area (Å²) in [5.74, 6) is 0.561. The average molecular weight is 267 g/mol. The van der Waals surface area contributed by atoms with Crippen LogP contribution < -0.4 is 0 Å². The smallest absolute Gasteiger partial charge is 0.303 e. The zero-order chi connectivity index (χ0) is 13.7. The Morgan fingerprint density at radius 1 is 1.05 bits per heavy atom. The Hall–Kier alpha value is -1.06. The van der Waals surface area contributed by atoms with E-state index in [1.165, 1.54) is 25.7 Å². The third-order valence-electron chi connectivity index (χ3n) is 4.58. The molecule has 2 fully saturated rings. The molecule has 19 heavy (non-hydrogen) atoms. The summed E-state index contributed by atoms with van der Waals surface area (Å²) in [7, 11) is 0. The van der Waals surface area contributed by atoms with Gasteiger partial charge in [0, 0.05) is 25.9 Å². The van der Waals surface area contributed by atoms with E-state index in [-0.39, 0.29) is 6.42 Å². The van der Waals surface area contributed by atoms with E-state index < -0.39 is 5.97 Å². The largest absolute Gasteiger partial charge is 0.481 e. The van der Waals surface area contributed by atoms with Gasteiger partial charge in [-0.2, -0.15) is 0 Å². The molecule has 1 aliphatic heterocycles. The molecule has 0 radical (unpaired) electrons. The lowest BCUT2D eigenvalue weighted by Gasteiger charge is -2.33. The topological polar surface area (TPSA) is 57.6 Å². The summed E-state index contributed by atoms with van der Waals surface area (Å²) in [6, 6.07) is 0. The first kappa shape index (κ1) is 14.4. The van der Waals surface area contributed by atoms with Gasteiger partial charge in [-0.15, -0.1) is 0 Å². The minimum absolute atomic E-state index is 0.231. The summed E-state index contributed by atoms with van der Waals surface area (Å²) in [6.07, 6.45) is 8.73. The zero-order valence-corrected chi connectivity index (χ0v) is 11.6. The van der Waals surface area contributed by atoms with Crippen molar-refractivity contribution in [3.05, 3.63) is 0 Å². The molecule has 1 N–H and O–H groups in total. The monoisotopic (exact) mass is 267 g/mol. The van der Waals surface area contributed by atoms with Gasteiger partial charge in [-0.3, -0.25) is 9.59 Å². The van der Waals surface area contributed by atoms with E-state index in [1.807, 2.05) is 4.90 Å². The molecule has 0 aromatic carbocycles. The van der Waals surface area contributed by atoms with Gasteiger partial charge in [0.25, 0.3) is 0 Å². The number of carbonyl (C=O) groups excluding carboxylic acids is 1. The van der Waals surface area contributed by atoms with Crippen LogP contribution in [0.2, 0.25) is 0 Å². The molecule has 0 bridgehead atoms. The van der Waals surface area contributed by atoms with Gasteiger partial charge in [-0.1, -0.05) is 12.8 Å². The summed E-state index contributed by atoms with van der Waals surface area (Å²) in [5.41, 5.74) is 0. The molecule has 1 aliphatic carbocycles. The van der Waals surface area contributed by atoms with Crippen molar-refractivity contribution in [2.45, 2.75) is 57.8 Å². The highest BCUT2D eigenvalue weighted by Crippen LogP contribution is 2.29. The maximum atomic E-state index is 12.2. The summed E-state index contributed by atoms with van der Waals surface area (Å²) in [5, 5.41) is 8.73. The summed E-state index contributed by atoms with van der Waals surface area (Å²) >= 11 is 0. The molecule has 4 heteroatoms. The van der Waals surface area contributed by atoms with Crippen LogP contribution in [0.5, 0.6) is 0 Å². The fourth-order valence-corrected chi connectivity index (χ4v) is 3.45. The third kappa shape index (κ3) is 4.51. The number of nitrogens with zero attached hydrogens (tertiary/aromatic N) is 1. The number of aliphatic carboxylic acids is 1. The molecule has 1 heterocycles. The van der Waals surface area contributed by atoms with Gasteiger partial charge >= 0.3 is 5.97 Å². The van der Waals surface area contributed by atoms with Gasteiger partial charge in [0.05, 0.1) is 0 Å². The number of amides is 1. The van der Waals surface area contributed by atoms with Crippen LogP contribution in [0.3, 0.4) is 0 Å². The summed E-state index contributed by atoms with van der Waals surface area (Å²) in [4.78, 5) is 24.8. The van der Waals surface area contributed by atoms with E-state index >= 15 is 0 Å². The molecular weight excluding hydrogens is 242 g/mol. The lowest BCUT2D eigenvalue weighted by molar-refractivity contribution is -0.137. The molecule has 108 valence electrons. The van der Waals surface area contributed by atoms with E-state index in [0.717, 1.165) is 25.9 Å². The van der Waals surface area contributed by atoms with Gasteiger partial charge in [0.2, 0.25) is 5.91 Å². The number of rotatable bonds is 5. The molecule has 4 nitrogen and oxygen atoms in total.